The minimum Gasteiger partial charge on any atom is -0.356 e. The number of ether oxygens (including phenoxy) is 1. The molecule has 0 saturated heterocycles. The Bertz CT molecular complexity index is 768. The molecule has 0 radical (unpaired) electrons. The molecule has 0 N–H and O–H groups in total. The third-order valence-corrected chi connectivity index (χ3v) is 3.48. The third kappa shape index (κ3) is 4.57. The normalized spacial score (nSPS) is 11.3. The standard InChI is InChI=1S/C22H18O/c1-4-10-19(11-5-1)16-17-22(21-14-8-3-9-15-21)23-18-20-12-6-2-7-13-20/h1-15,22H,18H2. The molecule has 1 unspecified atom stereocenters. The number of hydrogen-bond donors (Lipinski definition) is 0. The lowest BCUT2D eigenvalue weighted by molar-refractivity contribution is 0.0781. The van der Waals surface area contributed by atoms with Crippen molar-refractivity contribution in [3.05, 3.63) is 108 Å². The Balaban J connectivity index is 1.79. The lowest BCUT2D eigenvalue weighted by Gasteiger charge is -2.13. The molecule has 112 valence electrons. The van der Waals surface area contributed by atoms with Crippen LogP contribution in [0.1, 0.15) is 22.8 Å². The molecular weight excluding hydrogens is 280 g/mol. The Kier molecular flexibility index (Phi) is 5.24. The summed E-state index contributed by atoms with van der Waals surface area (Å²) in [7, 11) is 0. The average Bonchev–Trinajstić information content (AvgIpc) is 2.64. The summed E-state index contributed by atoms with van der Waals surface area (Å²) in [5.41, 5.74) is 3.22. The van der Waals surface area contributed by atoms with Crippen LogP contribution in [0.5, 0.6) is 0 Å². The highest BCUT2D eigenvalue weighted by Gasteiger charge is 2.08. The summed E-state index contributed by atoms with van der Waals surface area (Å²) < 4.78 is 6.06. The van der Waals surface area contributed by atoms with Crippen LogP contribution in [0.4, 0.5) is 0 Å². The van der Waals surface area contributed by atoms with Gasteiger partial charge in [-0.1, -0.05) is 90.7 Å². The maximum atomic E-state index is 6.06. The van der Waals surface area contributed by atoms with Crippen molar-refractivity contribution in [3.8, 4) is 11.8 Å². The summed E-state index contributed by atoms with van der Waals surface area (Å²) in [4.78, 5) is 0. The van der Waals surface area contributed by atoms with Crippen molar-refractivity contribution in [1.29, 1.82) is 0 Å². The predicted octanol–water partition coefficient (Wildman–Crippen LogP) is 5.00. The Morgan fingerprint density at radius 1 is 0.696 bits per heavy atom. The van der Waals surface area contributed by atoms with E-state index in [0.29, 0.717) is 6.61 Å². The van der Waals surface area contributed by atoms with E-state index in [1.54, 1.807) is 0 Å². The number of rotatable bonds is 4. The average molecular weight is 298 g/mol. The van der Waals surface area contributed by atoms with Crippen molar-refractivity contribution in [3.63, 3.8) is 0 Å². The second-order valence-electron chi connectivity index (χ2n) is 5.22. The molecular formula is C22H18O. The van der Waals surface area contributed by atoms with Gasteiger partial charge in [0.15, 0.2) is 0 Å². The van der Waals surface area contributed by atoms with Gasteiger partial charge in [0.05, 0.1) is 6.61 Å². The maximum Gasteiger partial charge on any atom is 0.144 e. The Morgan fingerprint density at radius 2 is 1.26 bits per heavy atom. The fourth-order valence-electron chi connectivity index (χ4n) is 2.27. The Labute approximate surface area is 137 Å². The molecule has 23 heavy (non-hydrogen) atoms. The maximum absolute atomic E-state index is 6.06. The molecule has 0 aromatic heterocycles. The first-order chi connectivity index (χ1) is 11.4. The molecule has 0 aliphatic rings. The summed E-state index contributed by atoms with van der Waals surface area (Å²) in [6, 6.07) is 30.3. The second kappa shape index (κ2) is 7.98. The van der Waals surface area contributed by atoms with Crippen LogP contribution < -0.4 is 0 Å². The topological polar surface area (TPSA) is 9.23 Å². The molecule has 3 aromatic carbocycles. The lowest BCUT2D eigenvalue weighted by atomic mass is 10.1. The Morgan fingerprint density at radius 3 is 1.91 bits per heavy atom. The van der Waals surface area contributed by atoms with Gasteiger partial charge in [-0.2, -0.15) is 0 Å². The summed E-state index contributed by atoms with van der Waals surface area (Å²) in [6.45, 7) is 0.546. The first-order valence-electron chi connectivity index (χ1n) is 7.69. The molecule has 1 heteroatoms. The molecule has 1 nitrogen and oxygen atoms in total. The van der Waals surface area contributed by atoms with E-state index < -0.39 is 0 Å². The first-order valence-corrected chi connectivity index (χ1v) is 7.69. The van der Waals surface area contributed by atoms with Crippen LogP contribution >= 0.6 is 0 Å². The van der Waals surface area contributed by atoms with Gasteiger partial charge in [-0.15, -0.1) is 0 Å². The molecule has 0 aliphatic heterocycles. The second-order valence-corrected chi connectivity index (χ2v) is 5.22. The van der Waals surface area contributed by atoms with Gasteiger partial charge in [0, 0.05) is 5.56 Å². The van der Waals surface area contributed by atoms with E-state index in [-0.39, 0.29) is 6.10 Å². The van der Waals surface area contributed by atoms with Crippen LogP contribution in [-0.4, -0.2) is 0 Å². The van der Waals surface area contributed by atoms with E-state index in [9.17, 15) is 0 Å². The van der Waals surface area contributed by atoms with Crippen LogP contribution in [0, 0.1) is 11.8 Å². The summed E-state index contributed by atoms with van der Waals surface area (Å²) in [5, 5.41) is 0. The van der Waals surface area contributed by atoms with Crippen LogP contribution in [0.25, 0.3) is 0 Å². The van der Waals surface area contributed by atoms with Gasteiger partial charge < -0.3 is 4.74 Å². The van der Waals surface area contributed by atoms with E-state index in [1.807, 2.05) is 66.7 Å². The summed E-state index contributed by atoms with van der Waals surface area (Å²) >= 11 is 0. The van der Waals surface area contributed by atoms with Gasteiger partial charge in [-0.3, -0.25) is 0 Å². The number of benzene rings is 3. The lowest BCUT2D eigenvalue weighted by Crippen LogP contribution is -2.02. The molecule has 0 amide bonds. The van der Waals surface area contributed by atoms with Crippen molar-refractivity contribution in [2.45, 2.75) is 12.7 Å². The minimum absolute atomic E-state index is 0.239. The molecule has 0 heterocycles. The van der Waals surface area contributed by atoms with Crippen LogP contribution in [-0.2, 0) is 11.3 Å². The molecule has 0 spiro atoms. The largest absolute Gasteiger partial charge is 0.356 e. The molecule has 0 fully saturated rings. The monoisotopic (exact) mass is 298 g/mol. The molecule has 0 saturated carbocycles. The zero-order valence-electron chi connectivity index (χ0n) is 12.9. The van der Waals surface area contributed by atoms with Crippen molar-refractivity contribution in [1.82, 2.24) is 0 Å². The molecule has 1 atom stereocenters. The first kappa shape index (κ1) is 15.1. The van der Waals surface area contributed by atoms with E-state index in [2.05, 4.69) is 36.1 Å². The summed E-state index contributed by atoms with van der Waals surface area (Å²) in [6.07, 6.45) is -0.239. The van der Waals surface area contributed by atoms with Crippen molar-refractivity contribution in [2.24, 2.45) is 0 Å². The SMILES string of the molecule is C(#CC(OCc1ccccc1)c1ccccc1)c1ccccc1. The molecule has 3 aromatic rings. The van der Waals surface area contributed by atoms with E-state index >= 15 is 0 Å². The van der Waals surface area contributed by atoms with Crippen LogP contribution in [0.3, 0.4) is 0 Å². The van der Waals surface area contributed by atoms with Crippen LogP contribution in [0.15, 0.2) is 91.0 Å². The predicted molar refractivity (Wildman–Crippen MR) is 93.7 cm³/mol. The highest BCUT2D eigenvalue weighted by molar-refractivity contribution is 5.36. The third-order valence-electron chi connectivity index (χ3n) is 3.48. The molecule has 0 bridgehead atoms. The van der Waals surface area contributed by atoms with E-state index in [0.717, 1.165) is 16.7 Å². The highest BCUT2D eigenvalue weighted by atomic mass is 16.5. The quantitative estimate of drug-likeness (QED) is 0.616. The smallest absolute Gasteiger partial charge is 0.144 e. The van der Waals surface area contributed by atoms with Crippen molar-refractivity contribution in [2.75, 3.05) is 0 Å². The summed E-state index contributed by atoms with van der Waals surface area (Å²) in [5.74, 6) is 6.45. The van der Waals surface area contributed by atoms with Crippen molar-refractivity contribution < 1.29 is 4.74 Å². The van der Waals surface area contributed by atoms with E-state index in [1.165, 1.54) is 0 Å². The Hall–Kier alpha value is -2.82. The fraction of sp³-hybridized carbons (Fsp3) is 0.0909. The zero-order valence-corrected chi connectivity index (χ0v) is 12.9. The zero-order chi connectivity index (χ0) is 15.7. The fourth-order valence-corrected chi connectivity index (χ4v) is 2.27. The van der Waals surface area contributed by atoms with E-state index in [4.69, 9.17) is 4.74 Å². The van der Waals surface area contributed by atoms with Gasteiger partial charge in [0.1, 0.15) is 6.10 Å². The highest BCUT2D eigenvalue weighted by Crippen LogP contribution is 2.18. The van der Waals surface area contributed by atoms with Crippen LogP contribution in [0.2, 0.25) is 0 Å². The van der Waals surface area contributed by atoms with Gasteiger partial charge in [0.2, 0.25) is 0 Å². The van der Waals surface area contributed by atoms with Crippen molar-refractivity contribution >= 4 is 0 Å². The van der Waals surface area contributed by atoms with Gasteiger partial charge in [0.25, 0.3) is 0 Å². The minimum atomic E-state index is -0.239. The van der Waals surface area contributed by atoms with Gasteiger partial charge in [-0.25, -0.2) is 0 Å². The van der Waals surface area contributed by atoms with Gasteiger partial charge >= 0.3 is 0 Å². The van der Waals surface area contributed by atoms with Gasteiger partial charge in [-0.05, 0) is 23.3 Å². The number of hydrogen-bond acceptors (Lipinski definition) is 1. The molecule has 3 rings (SSSR count). The molecule has 0 aliphatic carbocycles.